The average Bonchev–Trinajstić information content (AvgIpc) is 2.34. The Morgan fingerprint density at radius 1 is 1.67 bits per heavy atom. The van der Waals surface area contributed by atoms with Crippen LogP contribution in [0.4, 0.5) is 0 Å². The quantitative estimate of drug-likeness (QED) is 0.332. The van der Waals surface area contributed by atoms with Gasteiger partial charge in [0.2, 0.25) is 5.56 Å². The molecule has 0 aliphatic rings. The molecule has 0 radical (unpaired) electrons. The molecule has 1 N–H and O–H groups in total. The molecule has 0 bridgehead atoms. The monoisotopic (exact) mass is 172 g/mol. The second-order valence-corrected chi connectivity index (χ2v) is 2.24. The Bertz CT molecular complexity index is 446. The number of aromatic nitrogens is 4. The fourth-order valence-electron chi connectivity index (χ4n) is 0.957. The first-order valence-corrected chi connectivity index (χ1v) is 3.10. The molecule has 12 heavy (non-hydrogen) atoms. The number of rotatable bonds is 0. The van der Waals surface area contributed by atoms with Gasteiger partial charge in [0.15, 0.2) is 0 Å². The van der Waals surface area contributed by atoms with Crippen molar-refractivity contribution in [3.05, 3.63) is 28.4 Å². The van der Waals surface area contributed by atoms with Crippen molar-refractivity contribution in [2.24, 2.45) is 0 Å². The molecule has 0 aliphatic heterocycles. The summed E-state index contributed by atoms with van der Waals surface area (Å²) in [6.07, 6.45) is 4.11. The number of hydrogen-bond acceptors (Lipinski definition) is 3. The number of nitrogens with zero attached hydrogens (tertiary/aromatic N) is 3. The van der Waals surface area contributed by atoms with E-state index in [9.17, 15) is 4.79 Å². The van der Waals surface area contributed by atoms with Crippen LogP contribution < -0.4 is 35.1 Å². The second-order valence-electron chi connectivity index (χ2n) is 2.24. The molecule has 5 nitrogen and oxygen atoms in total. The third kappa shape index (κ3) is 1.31. The molecule has 2 rings (SSSR count). The van der Waals surface area contributed by atoms with Crippen LogP contribution >= 0.6 is 0 Å². The van der Waals surface area contributed by atoms with Crippen molar-refractivity contribution in [1.29, 1.82) is 0 Å². The van der Waals surface area contributed by atoms with Gasteiger partial charge in [0, 0.05) is 6.20 Å². The molecule has 0 unspecified atom stereocenters. The summed E-state index contributed by atoms with van der Waals surface area (Å²) in [4.78, 5) is 11.1. The summed E-state index contributed by atoms with van der Waals surface area (Å²) in [6, 6.07) is 0. The van der Waals surface area contributed by atoms with Crippen molar-refractivity contribution in [3.63, 3.8) is 0 Å². The van der Waals surface area contributed by atoms with Crippen molar-refractivity contribution in [2.75, 3.05) is 0 Å². The zero-order valence-corrected chi connectivity index (χ0v) is 8.83. The van der Waals surface area contributed by atoms with Crippen molar-refractivity contribution >= 4 is 5.52 Å². The summed E-state index contributed by atoms with van der Waals surface area (Å²) >= 11 is 0. The molecule has 0 aliphatic carbocycles. The molecule has 0 spiro atoms. The van der Waals surface area contributed by atoms with Gasteiger partial charge in [-0.1, -0.05) is 12.5 Å². The molecule has 0 saturated heterocycles. The number of nitrogens with one attached hydrogen (secondary N) is 1. The summed E-state index contributed by atoms with van der Waals surface area (Å²) in [5, 5.41) is 9.60. The van der Waals surface area contributed by atoms with Gasteiger partial charge in [0.05, 0.1) is 0 Å². The van der Waals surface area contributed by atoms with Crippen LogP contribution in [0, 0.1) is 13.3 Å². The van der Waals surface area contributed by atoms with Crippen LogP contribution in [0.25, 0.3) is 5.52 Å². The third-order valence-corrected chi connectivity index (χ3v) is 1.47. The summed E-state index contributed by atoms with van der Waals surface area (Å²) in [6.45, 7) is 1.81. The molecule has 56 valence electrons. The maximum atomic E-state index is 11.1. The number of fused-ring (bicyclic) bond motifs is 1. The SMILES string of the molecule is Cc1cnn2[c-]n[nH]c(=O)c12.[Na+]. The van der Waals surface area contributed by atoms with E-state index in [0.717, 1.165) is 5.56 Å². The maximum Gasteiger partial charge on any atom is 1.00 e. The van der Waals surface area contributed by atoms with E-state index >= 15 is 0 Å². The molecule has 0 saturated carbocycles. The van der Waals surface area contributed by atoms with Crippen LogP contribution in [0.3, 0.4) is 0 Å². The molecule has 0 fully saturated rings. The molecule has 2 aromatic heterocycles. The Morgan fingerprint density at radius 2 is 2.42 bits per heavy atom. The van der Waals surface area contributed by atoms with Gasteiger partial charge in [-0.15, -0.1) is 0 Å². The minimum Gasteiger partial charge on any atom is -0.378 e. The van der Waals surface area contributed by atoms with Crippen LogP contribution in [0.1, 0.15) is 5.56 Å². The van der Waals surface area contributed by atoms with Crippen LogP contribution in [-0.4, -0.2) is 19.8 Å². The van der Waals surface area contributed by atoms with Crippen LogP contribution in [-0.2, 0) is 0 Å². The first-order chi connectivity index (χ1) is 5.29. The van der Waals surface area contributed by atoms with E-state index in [4.69, 9.17) is 0 Å². The topological polar surface area (TPSA) is 63.1 Å². The van der Waals surface area contributed by atoms with Crippen molar-refractivity contribution in [3.8, 4) is 0 Å². The number of aryl methyl sites for hydroxylation is 1. The first-order valence-electron chi connectivity index (χ1n) is 3.10. The van der Waals surface area contributed by atoms with Crippen LogP contribution in [0.5, 0.6) is 0 Å². The Labute approximate surface area is 90.1 Å². The van der Waals surface area contributed by atoms with Crippen molar-refractivity contribution < 1.29 is 29.6 Å². The fourth-order valence-corrected chi connectivity index (χ4v) is 0.957. The summed E-state index contributed by atoms with van der Waals surface area (Å²) < 4.78 is 1.33. The summed E-state index contributed by atoms with van der Waals surface area (Å²) in [7, 11) is 0. The van der Waals surface area contributed by atoms with Crippen molar-refractivity contribution in [2.45, 2.75) is 6.92 Å². The van der Waals surface area contributed by atoms with Gasteiger partial charge >= 0.3 is 29.6 Å². The molecule has 2 aromatic rings. The Hall–Kier alpha value is -0.650. The van der Waals surface area contributed by atoms with E-state index in [2.05, 4.69) is 21.6 Å². The smallest absolute Gasteiger partial charge is 0.378 e. The number of aromatic amines is 1. The third-order valence-electron chi connectivity index (χ3n) is 1.47. The summed E-state index contributed by atoms with van der Waals surface area (Å²) in [5.74, 6) is 0. The van der Waals surface area contributed by atoms with Crippen LogP contribution in [0.15, 0.2) is 11.0 Å². The molecule has 0 aromatic carbocycles. The molecule has 2 heterocycles. The predicted octanol–water partition coefficient (Wildman–Crippen LogP) is -3.47. The maximum absolute atomic E-state index is 11.1. The zero-order valence-electron chi connectivity index (χ0n) is 6.83. The van der Waals surface area contributed by atoms with E-state index < -0.39 is 0 Å². The summed E-state index contributed by atoms with van der Waals surface area (Å²) in [5.41, 5.74) is 1.09. The van der Waals surface area contributed by atoms with Crippen LogP contribution in [0.2, 0.25) is 0 Å². The van der Waals surface area contributed by atoms with Crippen molar-refractivity contribution in [1.82, 2.24) is 19.8 Å². The van der Waals surface area contributed by atoms with E-state index in [1.54, 1.807) is 6.20 Å². The molecular weight excluding hydrogens is 167 g/mol. The Balaban J connectivity index is 0.000000720. The van der Waals surface area contributed by atoms with Gasteiger partial charge in [-0.2, -0.15) is 0 Å². The molecule has 6 heteroatoms. The van der Waals surface area contributed by atoms with E-state index in [1.807, 2.05) is 6.92 Å². The van der Waals surface area contributed by atoms with Gasteiger partial charge in [-0.3, -0.25) is 15.0 Å². The van der Waals surface area contributed by atoms with Gasteiger partial charge in [-0.25, -0.2) is 5.10 Å². The minimum atomic E-state index is -0.237. The molecule has 0 amide bonds. The Kier molecular flexibility index (Phi) is 2.66. The number of hydrogen-bond donors (Lipinski definition) is 1. The molecule has 0 atom stereocenters. The van der Waals surface area contributed by atoms with E-state index in [-0.39, 0.29) is 35.1 Å². The predicted molar refractivity (Wildman–Crippen MR) is 37.2 cm³/mol. The zero-order chi connectivity index (χ0) is 7.84. The fraction of sp³-hybridized carbons (Fsp3) is 0.167. The average molecular weight is 172 g/mol. The normalized spacial score (nSPS) is 9.75. The minimum absolute atomic E-state index is 0. The van der Waals surface area contributed by atoms with Gasteiger partial charge in [0.1, 0.15) is 0 Å². The largest absolute Gasteiger partial charge is 1.00 e. The molecular formula is C6H5N4NaO. The number of H-pyrrole nitrogens is 1. The van der Waals surface area contributed by atoms with Gasteiger partial charge in [0.25, 0.3) is 0 Å². The van der Waals surface area contributed by atoms with E-state index in [0.29, 0.717) is 5.52 Å². The Morgan fingerprint density at radius 3 is 3.08 bits per heavy atom. The van der Waals surface area contributed by atoms with E-state index in [1.165, 1.54) is 4.52 Å². The van der Waals surface area contributed by atoms with Gasteiger partial charge < -0.3 is 4.52 Å². The first kappa shape index (κ1) is 9.44. The second kappa shape index (κ2) is 3.38. The standard InChI is InChI=1S/C6H5N4O.Na/c1-4-2-8-10-3-7-9-6(11)5(4)10;/h2H,1H3,(H,9,11);/q-1;+1. The van der Waals surface area contributed by atoms with Gasteiger partial charge in [-0.05, 0) is 11.8 Å².